The number of aliphatic hydroxyl groups excluding tert-OH is 1. The fourth-order valence-electron chi connectivity index (χ4n) is 1.01. The number of rotatable bonds is 1. The molecule has 1 heterocycles. The molecule has 0 amide bonds. The van der Waals surface area contributed by atoms with Crippen molar-refractivity contribution in [1.82, 2.24) is 0 Å². The standard InChI is InChI=1S/C7H14O2/c1-6-3-9-5-7(6,2)4-8/h6,8H,3-5H2,1-2H3. The second-order valence-corrected chi connectivity index (χ2v) is 3.23. The quantitative estimate of drug-likeness (QED) is 0.564. The van der Waals surface area contributed by atoms with E-state index >= 15 is 0 Å². The monoisotopic (exact) mass is 130 g/mol. The van der Waals surface area contributed by atoms with Gasteiger partial charge < -0.3 is 9.84 Å². The second-order valence-electron chi connectivity index (χ2n) is 3.23. The van der Waals surface area contributed by atoms with Gasteiger partial charge >= 0.3 is 0 Å². The average molecular weight is 130 g/mol. The zero-order valence-corrected chi connectivity index (χ0v) is 6.05. The van der Waals surface area contributed by atoms with Gasteiger partial charge in [-0.1, -0.05) is 13.8 Å². The lowest BCUT2D eigenvalue weighted by molar-refractivity contribution is 0.0961. The fraction of sp³-hybridized carbons (Fsp3) is 1.00. The Morgan fingerprint density at radius 3 is 2.67 bits per heavy atom. The van der Waals surface area contributed by atoms with Gasteiger partial charge in [0.25, 0.3) is 0 Å². The summed E-state index contributed by atoms with van der Waals surface area (Å²) in [5, 5.41) is 8.92. The molecule has 2 atom stereocenters. The Hall–Kier alpha value is -0.0800. The van der Waals surface area contributed by atoms with E-state index < -0.39 is 0 Å². The maximum Gasteiger partial charge on any atom is 0.0545 e. The fourth-order valence-corrected chi connectivity index (χ4v) is 1.01. The van der Waals surface area contributed by atoms with Crippen molar-refractivity contribution >= 4 is 0 Å². The molecule has 0 aliphatic carbocycles. The molecule has 0 aromatic heterocycles. The van der Waals surface area contributed by atoms with Gasteiger partial charge in [-0.25, -0.2) is 0 Å². The highest BCUT2D eigenvalue weighted by Gasteiger charge is 2.35. The van der Waals surface area contributed by atoms with Crippen molar-refractivity contribution < 1.29 is 9.84 Å². The normalized spacial score (nSPS) is 43.7. The lowest BCUT2D eigenvalue weighted by Crippen LogP contribution is -2.27. The van der Waals surface area contributed by atoms with Gasteiger partial charge in [0, 0.05) is 12.0 Å². The van der Waals surface area contributed by atoms with Crippen LogP contribution < -0.4 is 0 Å². The van der Waals surface area contributed by atoms with Crippen LogP contribution in [0.2, 0.25) is 0 Å². The number of hydrogen-bond donors (Lipinski definition) is 1. The van der Waals surface area contributed by atoms with Gasteiger partial charge in [-0.15, -0.1) is 0 Å². The number of aliphatic hydroxyl groups is 1. The first kappa shape index (κ1) is 7.03. The smallest absolute Gasteiger partial charge is 0.0545 e. The summed E-state index contributed by atoms with van der Waals surface area (Å²) in [4.78, 5) is 0. The Labute approximate surface area is 55.8 Å². The van der Waals surface area contributed by atoms with Gasteiger partial charge in [-0.2, -0.15) is 0 Å². The van der Waals surface area contributed by atoms with E-state index in [1.165, 1.54) is 0 Å². The van der Waals surface area contributed by atoms with Crippen molar-refractivity contribution in [2.45, 2.75) is 13.8 Å². The maximum atomic E-state index is 8.92. The minimum Gasteiger partial charge on any atom is -0.396 e. The lowest BCUT2D eigenvalue weighted by atomic mass is 9.82. The predicted molar refractivity (Wildman–Crippen MR) is 35.2 cm³/mol. The summed E-state index contributed by atoms with van der Waals surface area (Å²) in [6, 6.07) is 0. The van der Waals surface area contributed by atoms with Gasteiger partial charge in [-0.05, 0) is 5.92 Å². The third kappa shape index (κ3) is 1.10. The highest BCUT2D eigenvalue weighted by Crippen LogP contribution is 2.32. The molecule has 2 nitrogen and oxygen atoms in total. The summed E-state index contributed by atoms with van der Waals surface area (Å²) in [5.74, 6) is 0.502. The van der Waals surface area contributed by atoms with Crippen molar-refractivity contribution in [1.29, 1.82) is 0 Å². The second kappa shape index (κ2) is 2.27. The Kier molecular flexibility index (Phi) is 1.78. The van der Waals surface area contributed by atoms with Crippen LogP contribution in [0.15, 0.2) is 0 Å². The molecule has 0 aromatic carbocycles. The van der Waals surface area contributed by atoms with Crippen molar-refractivity contribution in [3.8, 4) is 0 Å². The van der Waals surface area contributed by atoms with Gasteiger partial charge in [0.2, 0.25) is 0 Å². The van der Waals surface area contributed by atoms with Crippen LogP contribution >= 0.6 is 0 Å². The van der Waals surface area contributed by atoms with Crippen LogP contribution in [0, 0.1) is 11.3 Å². The molecule has 2 heteroatoms. The molecule has 1 fully saturated rings. The molecule has 0 saturated carbocycles. The molecular weight excluding hydrogens is 116 g/mol. The van der Waals surface area contributed by atoms with E-state index in [1.54, 1.807) is 0 Å². The summed E-state index contributed by atoms with van der Waals surface area (Å²) in [6.45, 7) is 5.93. The van der Waals surface area contributed by atoms with Gasteiger partial charge in [-0.3, -0.25) is 0 Å². The predicted octanol–water partition coefficient (Wildman–Crippen LogP) is 0.651. The Balaban J connectivity index is 2.56. The van der Waals surface area contributed by atoms with E-state index in [0.29, 0.717) is 12.5 Å². The maximum absolute atomic E-state index is 8.92. The van der Waals surface area contributed by atoms with E-state index in [9.17, 15) is 0 Å². The van der Waals surface area contributed by atoms with Crippen molar-refractivity contribution in [2.24, 2.45) is 11.3 Å². The number of ether oxygens (including phenoxy) is 1. The van der Waals surface area contributed by atoms with Crippen molar-refractivity contribution in [3.05, 3.63) is 0 Å². The highest BCUT2D eigenvalue weighted by molar-refractivity contribution is 4.83. The summed E-state index contributed by atoms with van der Waals surface area (Å²) in [7, 11) is 0. The van der Waals surface area contributed by atoms with E-state index in [4.69, 9.17) is 9.84 Å². The molecule has 2 unspecified atom stereocenters. The summed E-state index contributed by atoms with van der Waals surface area (Å²) in [5.41, 5.74) is 0.0278. The van der Waals surface area contributed by atoms with Crippen LogP contribution in [0.25, 0.3) is 0 Å². The first-order chi connectivity index (χ1) is 4.19. The molecule has 0 radical (unpaired) electrons. The largest absolute Gasteiger partial charge is 0.396 e. The first-order valence-corrected chi connectivity index (χ1v) is 3.37. The Morgan fingerprint density at radius 2 is 2.44 bits per heavy atom. The van der Waals surface area contributed by atoms with Crippen LogP contribution in [0.4, 0.5) is 0 Å². The molecule has 1 rings (SSSR count). The SMILES string of the molecule is CC1COCC1(C)CO. The van der Waals surface area contributed by atoms with Crippen LogP contribution in [0.3, 0.4) is 0 Å². The van der Waals surface area contributed by atoms with Gasteiger partial charge in [0.1, 0.15) is 0 Å². The van der Waals surface area contributed by atoms with E-state index in [1.807, 2.05) is 0 Å². The van der Waals surface area contributed by atoms with E-state index in [0.717, 1.165) is 6.61 Å². The molecule has 54 valence electrons. The highest BCUT2D eigenvalue weighted by atomic mass is 16.5. The van der Waals surface area contributed by atoms with Crippen molar-refractivity contribution in [2.75, 3.05) is 19.8 Å². The van der Waals surface area contributed by atoms with Crippen LogP contribution in [-0.4, -0.2) is 24.9 Å². The van der Waals surface area contributed by atoms with E-state index in [2.05, 4.69) is 13.8 Å². The van der Waals surface area contributed by atoms with Crippen LogP contribution in [-0.2, 0) is 4.74 Å². The molecule has 1 aliphatic rings. The topological polar surface area (TPSA) is 29.5 Å². The van der Waals surface area contributed by atoms with Crippen LogP contribution in [0.1, 0.15) is 13.8 Å². The zero-order chi connectivity index (χ0) is 6.91. The molecule has 1 N–H and O–H groups in total. The molecule has 0 aromatic rings. The Morgan fingerprint density at radius 1 is 1.78 bits per heavy atom. The molecule has 0 bridgehead atoms. The molecule has 9 heavy (non-hydrogen) atoms. The third-order valence-electron chi connectivity index (χ3n) is 2.35. The molecule has 0 spiro atoms. The first-order valence-electron chi connectivity index (χ1n) is 3.37. The third-order valence-corrected chi connectivity index (χ3v) is 2.35. The van der Waals surface area contributed by atoms with Gasteiger partial charge in [0.15, 0.2) is 0 Å². The minimum absolute atomic E-state index is 0.0278. The average Bonchev–Trinajstić information content (AvgIpc) is 2.15. The lowest BCUT2D eigenvalue weighted by Gasteiger charge is -2.23. The number of hydrogen-bond acceptors (Lipinski definition) is 2. The molecule has 1 aliphatic heterocycles. The summed E-state index contributed by atoms with van der Waals surface area (Å²) >= 11 is 0. The summed E-state index contributed by atoms with van der Waals surface area (Å²) in [6.07, 6.45) is 0. The Bertz CT molecular complexity index is 103. The zero-order valence-electron chi connectivity index (χ0n) is 6.05. The molecule has 1 saturated heterocycles. The minimum atomic E-state index is 0.0278. The molecular formula is C7H14O2. The summed E-state index contributed by atoms with van der Waals surface area (Å²) < 4.78 is 5.20. The van der Waals surface area contributed by atoms with Crippen LogP contribution in [0.5, 0.6) is 0 Å². The van der Waals surface area contributed by atoms with Gasteiger partial charge in [0.05, 0.1) is 13.2 Å². The van der Waals surface area contributed by atoms with Crippen molar-refractivity contribution in [3.63, 3.8) is 0 Å². The van der Waals surface area contributed by atoms with E-state index in [-0.39, 0.29) is 12.0 Å².